The molecule has 1 saturated carbocycles. The van der Waals surface area contributed by atoms with E-state index in [4.69, 9.17) is 5.10 Å². The van der Waals surface area contributed by atoms with Crippen molar-refractivity contribution in [2.75, 3.05) is 25.0 Å². The van der Waals surface area contributed by atoms with Crippen LogP contribution in [0, 0.1) is 5.92 Å². The van der Waals surface area contributed by atoms with Crippen molar-refractivity contribution in [3.63, 3.8) is 0 Å². The highest BCUT2D eigenvalue weighted by molar-refractivity contribution is 5.96. The van der Waals surface area contributed by atoms with Crippen molar-refractivity contribution in [2.24, 2.45) is 5.92 Å². The second-order valence-corrected chi connectivity index (χ2v) is 9.52. The van der Waals surface area contributed by atoms with Crippen molar-refractivity contribution in [3.8, 4) is 5.69 Å². The lowest BCUT2D eigenvalue weighted by atomic mass is 9.86. The molecular formula is C24H33N5O2. The predicted octanol–water partition coefficient (Wildman–Crippen LogP) is 3.60. The number of amides is 1. The van der Waals surface area contributed by atoms with E-state index >= 15 is 0 Å². The number of anilines is 1. The lowest BCUT2D eigenvalue weighted by molar-refractivity contribution is -0.116. The maximum Gasteiger partial charge on any atom is 0.348 e. The van der Waals surface area contributed by atoms with Gasteiger partial charge in [0.25, 0.3) is 0 Å². The quantitative estimate of drug-likeness (QED) is 0.770. The molecule has 0 bridgehead atoms. The first-order chi connectivity index (χ1) is 15.2. The van der Waals surface area contributed by atoms with Crippen LogP contribution in [0.2, 0.25) is 0 Å². The normalized spacial score (nSPS) is 22.8. The van der Waals surface area contributed by atoms with Gasteiger partial charge in [0.2, 0.25) is 5.91 Å². The summed E-state index contributed by atoms with van der Waals surface area (Å²) < 4.78 is 1.43. The largest absolute Gasteiger partial charge is 0.348 e. The topological polar surface area (TPSA) is 83.0 Å². The van der Waals surface area contributed by atoms with Gasteiger partial charge in [0.05, 0.1) is 11.4 Å². The number of nitrogens with one attached hydrogen (secondary N) is 2. The summed E-state index contributed by atoms with van der Waals surface area (Å²) in [5.41, 5.74) is 2.20. The van der Waals surface area contributed by atoms with Crippen molar-refractivity contribution in [2.45, 2.75) is 70.1 Å². The molecule has 2 N–H and O–H groups in total. The van der Waals surface area contributed by atoms with Gasteiger partial charge >= 0.3 is 5.69 Å². The number of aromatic amines is 1. The molecule has 3 heterocycles. The van der Waals surface area contributed by atoms with Gasteiger partial charge in [-0.05, 0) is 56.3 Å². The Labute approximate surface area is 183 Å². The van der Waals surface area contributed by atoms with Crippen molar-refractivity contribution in [1.82, 2.24) is 19.7 Å². The Bertz CT molecular complexity index is 988. The number of aromatic nitrogens is 3. The highest BCUT2D eigenvalue weighted by atomic mass is 16.2. The molecule has 1 aromatic heterocycles. The van der Waals surface area contributed by atoms with Crippen molar-refractivity contribution in [1.29, 1.82) is 0 Å². The molecule has 1 aliphatic carbocycles. The average Bonchev–Trinajstić information content (AvgIpc) is 3.19. The third kappa shape index (κ3) is 4.47. The van der Waals surface area contributed by atoms with Crippen LogP contribution in [0.4, 0.5) is 5.69 Å². The predicted molar refractivity (Wildman–Crippen MR) is 121 cm³/mol. The van der Waals surface area contributed by atoms with Crippen LogP contribution < -0.4 is 11.0 Å². The van der Waals surface area contributed by atoms with Crippen LogP contribution in [0.15, 0.2) is 23.0 Å². The molecule has 1 aromatic carbocycles. The molecule has 0 radical (unpaired) electrons. The van der Waals surface area contributed by atoms with E-state index in [1.807, 2.05) is 18.2 Å². The first-order valence-corrected chi connectivity index (χ1v) is 12.0. The summed E-state index contributed by atoms with van der Waals surface area (Å²) in [4.78, 5) is 30.3. The van der Waals surface area contributed by atoms with E-state index < -0.39 is 0 Å². The highest BCUT2D eigenvalue weighted by Gasteiger charge is 2.27. The molecule has 31 heavy (non-hydrogen) atoms. The monoisotopic (exact) mass is 423 g/mol. The Morgan fingerprint density at radius 3 is 2.77 bits per heavy atom. The average molecular weight is 424 g/mol. The number of rotatable bonds is 5. The Balaban J connectivity index is 1.30. The van der Waals surface area contributed by atoms with E-state index in [9.17, 15) is 9.59 Å². The SMILES string of the molecule is O=C1CCc2cccc(-n3nc(C4CCCN(CCC5CCCCC5)C4)[nH]c3=O)c2N1. The highest BCUT2D eigenvalue weighted by Crippen LogP contribution is 2.30. The van der Waals surface area contributed by atoms with Gasteiger partial charge in [0.15, 0.2) is 0 Å². The molecule has 7 nitrogen and oxygen atoms in total. The fourth-order valence-electron chi connectivity index (χ4n) is 5.58. The van der Waals surface area contributed by atoms with Crippen LogP contribution in [0.3, 0.4) is 0 Å². The second-order valence-electron chi connectivity index (χ2n) is 9.52. The van der Waals surface area contributed by atoms with Gasteiger partial charge in [-0.15, -0.1) is 5.10 Å². The number of carbonyl (C=O) groups is 1. The molecule has 3 aliphatic rings. The number of fused-ring (bicyclic) bond motifs is 1. The Hall–Kier alpha value is -2.41. The minimum atomic E-state index is -0.234. The van der Waals surface area contributed by atoms with Crippen molar-refractivity contribution < 1.29 is 4.79 Å². The number of H-pyrrole nitrogens is 1. The number of nitrogens with zero attached hydrogens (tertiary/aromatic N) is 3. The van der Waals surface area contributed by atoms with Gasteiger partial charge in [-0.3, -0.25) is 9.78 Å². The lowest BCUT2D eigenvalue weighted by Gasteiger charge is -2.33. The number of piperidine rings is 1. The molecule has 1 atom stereocenters. The maximum atomic E-state index is 12.8. The maximum absolute atomic E-state index is 12.8. The summed E-state index contributed by atoms with van der Waals surface area (Å²) in [6, 6.07) is 5.79. The summed E-state index contributed by atoms with van der Waals surface area (Å²) in [6.45, 7) is 3.26. The smallest absolute Gasteiger partial charge is 0.324 e. The molecule has 2 aliphatic heterocycles. The van der Waals surface area contributed by atoms with Crippen LogP contribution in [-0.4, -0.2) is 45.2 Å². The first-order valence-electron chi connectivity index (χ1n) is 12.0. The Morgan fingerprint density at radius 2 is 1.90 bits per heavy atom. The van der Waals surface area contributed by atoms with E-state index in [0.717, 1.165) is 55.5 Å². The molecular weight excluding hydrogens is 390 g/mol. The minimum absolute atomic E-state index is 0.00959. The van der Waals surface area contributed by atoms with Crippen LogP contribution in [-0.2, 0) is 11.2 Å². The van der Waals surface area contributed by atoms with Crippen LogP contribution in [0.1, 0.15) is 75.1 Å². The number of benzene rings is 1. The summed E-state index contributed by atoms with van der Waals surface area (Å²) in [6.07, 6.45) is 11.7. The Kier molecular flexibility index (Phi) is 5.94. The van der Waals surface area contributed by atoms with Gasteiger partial charge < -0.3 is 10.2 Å². The van der Waals surface area contributed by atoms with E-state index in [1.165, 1.54) is 43.2 Å². The molecule has 1 unspecified atom stereocenters. The van der Waals surface area contributed by atoms with Crippen molar-refractivity contribution >= 4 is 11.6 Å². The van der Waals surface area contributed by atoms with Gasteiger partial charge in [-0.1, -0.05) is 44.2 Å². The standard InChI is InChI=1S/C24H33N5O2/c30-21-12-11-18-8-4-10-20(22(18)25-21)29-24(31)26-23(27-29)19-9-5-14-28(16-19)15-13-17-6-2-1-3-7-17/h4,8,10,17,19H,1-3,5-7,9,11-16H2,(H,25,30)(H,26,27,31). The van der Waals surface area contributed by atoms with E-state index in [1.54, 1.807) is 0 Å². The minimum Gasteiger partial charge on any atom is -0.324 e. The number of likely N-dealkylation sites (tertiary alicyclic amines) is 1. The number of carbonyl (C=O) groups excluding carboxylic acids is 1. The number of para-hydroxylation sites is 1. The number of hydrogen-bond acceptors (Lipinski definition) is 4. The molecule has 166 valence electrons. The Morgan fingerprint density at radius 1 is 1.03 bits per heavy atom. The zero-order chi connectivity index (χ0) is 21.2. The number of hydrogen-bond donors (Lipinski definition) is 2. The summed E-state index contributed by atoms with van der Waals surface area (Å²) in [5, 5.41) is 7.63. The zero-order valence-electron chi connectivity index (χ0n) is 18.2. The first kappa shape index (κ1) is 20.5. The van der Waals surface area contributed by atoms with Gasteiger partial charge in [0.1, 0.15) is 5.82 Å². The third-order valence-electron chi connectivity index (χ3n) is 7.35. The molecule has 7 heteroatoms. The van der Waals surface area contributed by atoms with Crippen molar-refractivity contribution in [3.05, 3.63) is 40.1 Å². The summed E-state index contributed by atoms with van der Waals surface area (Å²) >= 11 is 0. The van der Waals surface area contributed by atoms with Crippen LogP contribution >= 0.6 is 0 Å². The molecule has 1 amide bonds. The zero-order valence-corrected chi connectivity index (χ0v) is 18.2. The molecule has 0 spiro atoms. The van der Waals surface area contributed by atoms with Crippen LogP contribution in [0.25, 0.3) is 5.69 Å². The molecule has 5 rings (SSSR count). The summed E-state index contributed by atoms with van der Waals surface area (Å²) in [5.74, 6) is 1.91. The molecule has 1 saturated heterocycles. The van der Waals surface area contributed by atoms with E-state index in [2.05, 4.69) is 15.2 Å². The third-order valence-corrected chi connectivity index (χ3v) is 7.35. The fraction of sp³-hybridized carbons (Fsp3) is 0.625. The molecule has 2 fully saturated rings. The van der Waals surface area contributed by atoms with Gasteiger partial charge in [-0.25, -0.2) is 4.79 Å². The summed E-state index contributed by atoms with van der Waals surface area (Å²) in [7, 11) is 0. The number of aryl methyl sites for hydroxylation is 1. The fourth-order valence-corrected chi connectivity index (χ4v) is 5.58. The molecule has 2 aromatic rings. The van der Waals surface area contributed by atoms with E-state index in [0.29, 0.717) is 18.5 Å². The van der Waals surface area contributed by atoms with Gasteiger partial charge in [0, 0.05) is 18.9 Å². The van der Waals surface area contributed by atoms with E-state index in [-0.39, 0.29) is 17.5 Å². The lowest BCUT2D eigenvalue weighted by Crippen LogP contribution is -2.36. The van der Waals surface area contributed by atoms with Crippen LogP contribution in [0.5, 0.6) is 0 Å². The second kappa shape index (κ2) is 8.99. The van der Waals surface area contributed by atoms with Gasteiger partial charge in [-0.2, -0.15) is 4.68 Å².